The monoisotopic (exact) mass is 180 g/mol. The summed E-state index contributed by atoms with van der Waals surface area (Å²) in [7, 11) is 0. The molecule has 0 saturated carbocycles. The maximum Gasteiger partial charge on any atom is 0.216 e. The molecule has 1 aliphatic rings. The molecule has 72 valence electrons. The third-order valence-electron chi connectivity index (χ3n) is 1.87. The van der Waals surface area contributed by atoms with Crippen LogP contribution in [-0.2, 0) is 4.74 Å². The second-order valence-corrected chi connectivity index (χ2v) is 2.85. The lowest BCUT2D eigenvalue weighted by atomic mass is 9.98. The van der Waals surface area contributed by atoms with Gasteiger partial charge in [0, 0.05) is 0 Å². The Kier molecular flexibility index (Phi) is 2.67. The first-order valence-electron chi connectivity index (χ1n) is 3.52. The van der Waals surface area contributed by atoms with Crippen LogP contribution in [0.1, 0.15) is 0 Å². The van der Waals surface area contributed by atoms with Crippen LogP contribution < -0.4 is 0 Å². The number of hydrogen-bond acceptors (Lipinski definition) is 6. The van der Waals surface area contributed by atoms with Gasteiger partial charge in [-0.3, -0.25) is 0 Å². The van der Waals surface area contributed by atoms with Gasteiger partial charge in [0.05, 0.1) is 6.61 Å². The van der Waals surface area contributed by atoms with E-state index in [0.717, 1.165) is 0 Å². The van der Waals surface area contributed by atoms with Crippen molar-refractivity contribution in [1.29, 1.82) is 0 Å². The van der Waals surface area contributed by atoms with Gasteiger partial charge in [-0.05, 0) is 0 Å². The van der Waals surface area contributed by atoms with Crippen molar-refractivity contribution in [2.75, 3.05) is 13.2 Å². The molecule has 6 heteroatoms. The standard InChI is InChI=1S/C6H12O6/c7-1-3-4(8)5(9)6(10,11)2-12-3/h3-5,7-11H,1-2H2/t3?,4-,5-/m0/s1. The second kappa shape index (κ2) is 3.25. The molecule has 0 spiro atoms. The molecule has 0 amide bonds. The Hall–Kier alpha value is -0.240. The number of rotatable bonds is 1. The highest BCUT2D eigenvalue weighted by Crippen LogP contribution is 2.21. The van der Waals surface area contributed by atoms with Crippen LogP contribution in [0, 0.1) is 0 Å². The SMILES string of the molecule is OCC1OCC(O)(O)[C@@H](O)[C@H]1O. The molecule has 3 atom stereocenters. The molecule has 0 aliphatic carbocycles. The predicted octanol–water partition coefficient (Wildman–Crippen LogP) is -3.22. The van der Waals surface area contributed by atoms with Crippen LogP contribution in [0.2, 0.25) is 0 Å². The Bertz CT molecular complexity index is 158. The van der Waals surface area contributed by atoms with Crippen molar-refractivity contribution in [3.05, 3.63) is 0 Å². The van der Waals surface area contributed by atoms with Crippen LogP contribution in [0.25, 0.3) is 0 Å². The van der Waals surface area contributed by atoms with E-state index in [1.165, 1.54) is 0 Å². The Morgan fingerprint density at radius 2 is 1.92 bits per heavy atom. The quantitative estimate of drug-likeness (QED) is 0.271. The summed E-state index contributed by atoms with van der Waals surface area (Å²) in [5, 5.41) is 44.7. The fourth-order valence-electron chi connectivity index (χ4n) is 1.05. The van der Waals surface area contributed by atoms with E-state index in [1.807, 2.05) is 0 Å². The van der Waals surface area contributed by atoms with E-state index in [-0.39, 0.29) is 0 Å². The first kappa shape index (κ1) is 9.85. The molecule has 5 N–H and O–H groups in total. The number of ether oxygens (including phenoxy) is 1. The Morgan fingerprint density at radius 3 is 2.42 bits per heavy atom. The summed E-state index contributed by atoms with van der Waals surface area (Å²) in [6.07, 6.45) is -4.17. The van der Waals surface area contributed by atoms with E-state index >= 15 is 0 Å². The van der Waals surface area contributed by atoms with Crippen LogP contribution in [0.3, 0.4) is 0 Å². The van der Waals surface area contributed by atoms with E-state index in [1.54, 1.807) is 0 Å². The van der Waals surface area contributed by atoms with E-state index in [2.05, 4.69) is 4.74 Å². The molecule has 1 aliphatic heterocycles. The number of aliphatic hydroxyl groups is 5. The molecular weight excluding hydrogens is 168 g/mol. The van der Waals surface area contributed by atoms with Gasteiger partial charge in [0.25, 0.3) is 0 Å². The van der Waals surface area contributed by atoms with Gasteiger partial charge in [-0.15, -0.1) is 0 Å². The smallest absolute Gasteiger partial charge is 0.216 e. The van der Waals surface area contributed by atoms with E-state index in [4.69, 9.17) is 25.5 Å². The van der Waals surface area contributed by atoms with Gasteiger partial charge in [0.2, 0.25) is 5.79 Å². The normalized spacial score (nSPS) is 41.2. The highest BCUT2D eigenvalue weighted by molar-refractivity contribution is 4.90. The zero-order valence-corrected chi connectivity index (χ0v) is 6.29. The second-order valence-electron chi connectivity index (χ2n) is 2.85. The summed E-state index contributed by atoms with van der Waals surface area (Å²) in [6.45, 7) is -1.01. The van der Waals surface area contributed by atoms with Gasteiger partial charge < -0.3 is 30.3 Å². The van der Waals surface area contributed by atoms with Gasteiger partial charge in [-0.25, -0.2) is 0 Å². The maximum atomic E-state index is 9.12. The summed E-state index contributed by atoms with van der Waals surface area (Å²) in [5.41, 5.74) is 0. The van der Waals surface area contributed by atoms with Gasteiger partial charge in [0.15, 0.2) is 0 Å². The third-order valence-corrected chi connectivity index (χ3v) is 1.87. The summed E-state index contributed by atoms with van der Waals surface area (Å²) in [6, 6.07) is 0. The van der Waals surface area contributed by atoms with Crippen LogP contribution in [0.4, 0.5) is 0 Å². The summed E-state index contributed by atoms with van der Waals surface area (Å²) < 4.78 is 4.67. The molecule has 6 nitrogen and oxygen atoms in total. The lowest BCUT2D eigenvalue weighted by Crippen LogP contribution is -2.61. The first-order chi connectivity index (χ1) is 5.49. The van der Waals surface area contributed by atoms with Crippen molar-refractivity contribution in [2.24, 2.45) is 0 Å². The number of hydrogen-bond donors (Lipinski definition) is 5. The molecule has 0 aromatic carbocycles. The fraction of sp³-hybridized carbons (Fsp3) is 1.00. The average molecular weight is 180 g/mol. The van der Waals surface area contributed by atoms with Gasteiger partial charge in [0.1, 0.15) is 24.9 Å². The zero-order chi connectivity index (χ0) is 9.35. The molecule has 0 radical (unpaired) electrons. The van der Waals surface area contributed by atoms with E-state index in [9.17, 15) is 0 Å². The molecule has 1 fully saturated rings. The largest absolute Gasteiger partial charge is 0.394 e. The highest BCUT2D eigenvalue weighted by Gasteiger charge is 2.46. The number of aliphatic hydroxyl groups excluding tert-OH is 3. The molecule has 1 rings (SSSR count). The molecule has 0 aromatic heterocycles. The molecule has 0 aromatic rings. The van der Waals surface area contributed by atoms with Crippen molar-refractivity contribution in [3.63, 3.8) is 0 Å². The third kappa shape index (κ3) is 1.58. The molecule has 1 heterocycles. The lowest BCUT2D eigenvalue weighted by molar-refractivity contribution is -0.319. The Morgan fingerprint density at radius 1 is 1.33 bits per heavy atom. The highest BCUT2D eigenvalue weighted by atomic mass is 16.6. The van der Waals surface area contributed by atoms with Crippen molar-refractivity contribution in [2.45, 2.75) is 24.1 Å². The van der Waals surface area contributed by atoms with E-state index < -0.39 is 37.3 Å². The van der Waals surface area contributed by atoms with Crippen LogP contribution in [0.15, 0.2) is 0 Å². The van der Waals surface area contributed by atoms with E-state index in [0.29, 0.717) is 0 Å². The fourth-order valence-corrected chi connectivity index (χ4v) is 1.05. The van der Waals surface area contributed by atoms with Crippen LogP contribution >= 0.6 is 0 Å². The van der Waals surface area contributed by atoms with Crippen LogP contribution in [-0.4, -0.2) is 62.8 Å². The van der Waals surface area contributed by atoms with Gasteiger partial charge in [-0.1, -0.05) is 0 Å². The van der Waals surface area contributed by atoms with Crippen molar-refractivity contribution in [3.8, 4) is 0 Å². The Labute approximate surface area is 68.6 Å². The van der Waals surface area contributed by atoms with Crippen molar-refractivity contribution >= 4 is 0 Å². The summed E-state index contributed by atoms with van der Waals surface area (Å²) >= 11 is 0. The zero-order valence-electron chi connectivity index (χ0n) is 6.29. The predicted molar refractivity (Wildman–Crippen MR) is 36.0 cm³/mol. The van der Waals surface area contributed by atoms with Gasteiger partial charge in [-0.2, -0.15) is 0 Å². The summed E-state index contributed by atoms with van der Waals surface area (Å²) in [4.78, 5) is 0. The molecule has 0 bridgehead atoms. The average Bonchev–Trinajstić information content (AvgIpc) is 2.01. The molecule has 1 saturated heterocycles. The van der Waals surface area contributed by atoms with Gasteiger partial charge >= 0.3 is 0 Å². The molecule has 1 unspecified atom stereocenters. The van der Waals surface area contributed by atoms with Crippen LogP contribution in [0.5, 0.6) is 0 Å². The first-order valence-corrected chi connectivity index (χ1v) is 3.52. The maximum absolute atomic E-state index is 9.12. The van der Waals surface area contributed by atoms with Crippen molar-refractivity contribution in [1.82, 2.24) is 0 Å². The lowest BCUT2D eigenvalue weighted by Gasteiger charge is -2.39. The summed E-state index contributed by atoms with van der Waals surface area (Å²) in [5.74, 6) is -2.44. The molecular formula is C6H12O6. The minimum atomic E-state index is -2.44. The topological polar surface area (TPSA) is 110 Å². The molecule has 12 heavy (non-hydrogen) atoms. The minimum Gasteiger partial charge on any atom is -0.394 e. The minimum absolute atomic E-state index is 0.478. The Balaban J connectivity index is 2.65. The van der Waals surface area contributed by atoms with Crippen molar-refractivity contribution < 1.29 is 30.3 Å².